The van der Waals surface area contributed by atoms with Gasteiger partial charge in [0.25, 0.3) is 0 Å². The SMILES string of the molecule is CC1CC(=O)Nc2ccccc2N1C(=O)CN(C)c1c(F)cc(C#N)cc1F. The first-order valence-corrected chi connectivity index (χ1v) is 8.63. The van der Waals surface area contributed by atoms with E-state index in [2.05, 4.69) is 5.32 Å². The Morgan fingerprint density at radius 3 is 2.61 bits per heavy atom. The lowest BCUT2D eigenvalue weighted by atomic mass is 10.1. The number of carbonyl (C=O) groups excluding carboxylic acids is 2. The summed E-state index contributed by atoms with van der Waals surface area (Å²) in [5.41, 5.74) is 0.499. The van der Waals surface area contributed by atoms with Crippen molar-refractivity contribution >= 4 is 28.9 Å². The van der Waals surface area contributed by atoms with Crippen molar-refractivity contribution in [3.63, 3.8) is 0 Å². The molecule has 1 aliphatic rings. The third kappa shape index (κ3) is 3.64. The minimum Gasteiger partial charge on any atom is -0.361 e. The molecule has 144 valence electrons. The van der Waals surface area contributed by atoms with E-state index in [9.17, 15) is 18.4 Å². The molecule has 1 unspecified atom stereocenters. The lowest BCUT2D eigenvalue weighted by Crippen LogP contribution is -2.44. The normalized spacial score (nSPS) is 15.9. The fourth-order valence-corrected chi connectivity index (χ4v) is 3.32. The average Bonchev–Trinajstić information content (AvgIpc) is 2.74. The van der Waals surface area contributed by atoms with E-state index in [0.29, 0.717) is 11.4 Å². The second-order valence-corrected chi connectivity index (χ2v) is 6.64. The summed E-state index contributed by atoms with van der Waals surface area (Å²) in [5, 5.41) is 11.6. The number of benzene rings is 2. The Balaban J connectivity index is 1.90. The smallest absolute Gasteiger partial charge is 0.246 e. The van der Waals surface area contributed by atoms with Crippen molar-refractivity contribution in [2.75, 3.05) is 28.7 Å². The van der Waals surface area contributed by atoms with E-state index in [1.54, 1.807) is 37.3 Å². The van der Waals surface area contributed by atoms with Gasteiger partial charge in [0.15, 0.2) is 11.6 Å². The zero-order chi connectivity index (χ0) is 20.4. The number of likely N-dealkylation sites (N-methyl/N-ethyl adjacent to an activating group) is 1. The van der Waals surface area contributed by atoms with E-state index in [-0.39, 0.29) is 24.4 Å². The van der Waals surface area contributed by atoms with Crippen LogP contribution in [0.25, 0.3) is 0 Å². The molecule has 0 aliphatic carbocycles. The van der Waals surface area contributed by atoms with Crippen LogP contribution in [0.4, 0.5) is 25.8 Å². The second-order valence-electron chi connectivity index (χ2n) is 6.64. The maximum Gasteiger partial charge on any atom is 0.246 e. The van der Waals surface area contributed by atoms with Crippen molar-refractivity contribution in [2.24, 2.45) is 0 Å². The zero-order valence-electron chi connectivity index (χ0n) is 15.4. The van der Waals surface area contributed by atoms with Gasteiger partial charge in [-0.25, -0.2) is 8.78 Å². The van der Waals surface area contributed by atoms with Gasteiger partial charge in [-0.05, 0) is 31.2 Å². The maximum absolute atomic E-state index is 14.3. The molecule has 2 amide bonds. The molecule has 28 heavy (non-hydrogen) atoms. The number of nitriles is 1. The minimum atomic E-state index is -0.923. The number of amides is 2. The molecule has 0 radical (unpaired) electrons. The fraction of sp³-hybridized carbons (Fsp3) is 0.250. The van der Waals surface area contributed by atoms with Crippen LogP contribution in [0.3, 0.4) is 0 Å². The molecule has 8 heteroatoms. The summed E-state index contributed by atoms with van der Waals surface area (Å²) in [5.74, 6) is -2.48. The molecule has 0 saturated carbocycles. The van der Waals surface area contributed by atoms with Gasteiger partial charge in [0.2, 0.25) is 11.8 Å². The van der Waals surface area contributed by atoms with Crippen LogP contribution in [-0.4, -0.2) is 31.4 Å². The van der Waals surface area contributed by atoms with Crippen LogP contribution >= 0.6 is 0 Å². The molecule has 3 rings (SSSR count). The minimum absolute atomic E-state index is 0.101. The van der Waals surface area contributed by atoms with Crippen molar-refractivity contribution in [1.82, 2.24) is 0 Å². The van der Waals surface area contributed by atoms with Gasteiger partial charge in [-0.1, -0.05) is 12.1 Å². The van der Waals surface area contributed by atoms with E-state index >= 15 is 0 Å². The highest BCUT2D eigenvalue weighted by molar-refractivity contribution is 6.05. The molecule has 1 atom stereocenters. The first kappa shape index (κ1) is 19.3. The highest BCUT2D eigenvalue weighted by atomic mass is 19.1. The monoisotopic (exact) mass is 384 g/mol. The number of rotatable bonds is 3. The Morgan fingerprint density at radius 2 is 1.96 bits per heavy atom. The number of hydrogen-bond donors (Lipinski definition) is 1. The Hall–Kier alpha value is -3.47. The van der Waals surface area contributed by atoms with Gasteiger partial charge in [-0.2, -0.15) is 5.26 Å². The van der Waals surface area contributed by atoms with Crippen molar-refractivity contribution in [1.29, 1.82) is 5.26 Å². The zero-order valence-corrected chi connectivity index (χ0v) is 15.4. The summed E-state index contributed by atoms with van der Waals surface area (Å²) >= 11 is 0. The van der Waals surface area contributed by atoms with Crippen molar-refractivity contribution < 1.29 is 18.4 Å². The Morgan fingerprint density at radius 1 is 1.32 bits per heavy atom. The molecule has 2 aromatic carbocycles. The first-order chi connectivity index (χ1) is 13.3. The molecule has 1 aliphatic heterocycles. The highest BCUT2D eigenvalue weighted by Crippen LogP contribution is 2.32. The fourth-order valence-electron chi connectivity index (χ4n) is 3.32. The lowest BCUT2D eigenvalue weighted by molar-refractivity contribution is -0.118. The van der Waals surface area contributed by atoms with E-state index in [1.807, 2.05) is 0 Å². The number of anilines is 3. The second kappa shape index (κ2) is 7.64. The Kier molecular flexibility index (Phi) is 5.27. The molecule has 0 bridgehead atoms. The van der Waals surface area contributed by atoms with Crippen LogP contribution in [-0.2, 0) is 9.59 Å². The largest absolute Gasteiger partial charge is 0.361 e. The summed E-state index contributed by atoms with van der Waals surface area (Å²) in [6, 6.07) is 9.98. The molecule has 1 heterocycles. The van der Waals surface area contributed by atoms with E-state index in [1.165, 1.54) is 11.9 Å². The lowest BCUT2D eigenvalue weighted by Gasteiger charge is -2.30. The van der Waals surface area contributed by atoms with Gasteiger partial charge in [-0.15, -0.1) is 0 Å². The van der Waals surface area contributed by atoms with Crippen LogP contribution < -0.4 is 15.1 Å². The molecule has 6 nitrogen and oxygen atoms in total. The van der Waals surface area contributed by atoms with Crippen LogP contribution in [0.5, 0.6) is 0 Å². The number of para-hydroxylation sites is 2. The van der Waals surface area contributed by atoms with Crippen molar-refractivity contribution in [3.8, 4) is 6.07 Å². The van der Waals surface area contributed by atoms with Crippen LogP contribution in [0, 0.1) is 23.0 Å². The number of nitrogens with zero attached hydrogens (tertiary/aromatic N) is 3. The molecule has 2 aromatic rings. The van der Waals surface area contributed by atoms with E-state index < -0.39 is 29.3 Å². The third-order valence-electron chi connectivity index (χ3n) is 4.53. The summed E-state index contributed by atoms with van der Waals surface area (Å²) in [7, 11) is 1.39. The van der Waals surface area contributed by atoms with Gasteiger partial charge in [0, 0.05) is 19.5 Å². The van der Waals surface area contributed by atoms with E-state index in [0.717, 1.165) is 17.0 Å². The quantitative estimate of drug-likeness (QED) is 0.883. The third-order valence-corrected chi connectivity index (χ3v) is 4.53. The highest BCUT2D eigenvalue weighted by Gasteiger charge is 2.30. The Labute approximate surface area is 161 Å². The molecular formula is C20H18F2N4O2. The number of hydrogen-bond acceptors (Lipinski definition) is 4. The predicted molar refractivity (Wildman–Crippen MR) is 101 cm³/mol. The van der Waals surface area contributed by atoms with Gasteiger partial charge in [0.05, 0.1) is 29.6 Å². The average molecular weight is 384 g/mol. The molecule has 1 N–H and O–H groups in total. The van der Waals surface area contributed by atoms with Crippen LogP contribution in [0.2, 0.25) is 0 Å². The molecule has 0 spiro atoms. The van der Waals surface area contributed by atoms with Crippen molar-refractivity contribution in [2.45, 2.75) is 19.4 Å². The topological polar surface area (TPSA) is 76.4 Å². The summed E-state index contributed by atoms with van der Waals surface area (Å²) in [6.45, 7) is 1.43. The maximum atomic E-state index is 14.3. The molecular weight excluding hydrogens is 366 g/mol. The standard InChI is InChI=1S/C20H18F2N4O2/c1-12-7-18(27)24-16-5-3-4-6-17(16)26(12)19(28)11-25(2)20-14(21)8-13(10-23)9-15(20)22/h3-6,8-9,12H,7,11H2,1-2H3,(H,24,27). The predicted octanol–water partition coefficient (Wildman–Crippen LogP) is 3.04. The molecule has 0 saturated heterocycles. The number of fused-ring (bicyclic) bond motifs is 1. The summed E-state index contributed by atoms with van der Waals surface area (Å²) in [4.78, 5) is 27.7. The van der Waals surface area contributed by atoms with Gasteiger partial charge >= 0.3 is 0 Å². The van der Waals surface area contributed by atoms with Gasteiger partial charge in [-0.3, -0.25) is 9.59 Å². The molecule has 0 fully saturated rings. The number of nitrogens with one attached hydrogen (secondary N) is 1. The van der Waals surface area contributed by atoms with Crippen molar-refractivity contribution in [3.05, 3.63) is 53.6 Å². The number of halogens is 2. The van der Waals surface area contributed by atoms with Gasteiger partial charge in [0.1, 0.15) is 5.69 Å². The Bertz CT molecular complexity index is 963. The van der Waals surface area contributed by atoms with Crippen LogP contribution in [0.1, 0.15) is 18.9 Å². The van der Waals surface area contributed by atoms with Gasteiger partial charge < -0.3 is 15.1 Å². The van der Waals surface area contributed by atoms with Crippen LogP contribution in [0.15, 0.2) is 36.4 Å². The molecule has 0 aromatic heterocycles. The first-order valence-electron chi connectivity index (χ1n) is 8.63. The number of carbonyl (C=O) groups is 2. The summed E-state index contributed by atoms with van der Waals surface area (Å²) in [6.07, 6.45) is 0.101. The van der Waals surface area contributed by atoms with E-state index in [4.69, 9.17) is 5.26 Å². The summed E-state index contributed by atoms with van der Waals surface area (Å²) < 4.78 is 28.5.